The average Bonchev–Trinajstić information content (AvgIpc) is 2.34. The summed E-state index contributed by atoms with van der Waals surface area (Å²) in [4.78, 5) is 4.35. The van der Waals surface area contributed by atoms with Gasteiger partial charge in [-0.25, -0.2) is 4.99 Å². The molecule has 0 radical (unpaired) electrons. The first-order valence-electron chi connectivity index (χ1n) is 3.91. The Labute approximate surface area is 62.3 Å². The van der Waals surface area contributed by atoms with Gasteiger partial charge in [-0.1, -0.05) is 20.3 Å². The molecule has 1 aliphatic rings. The Hall–Kier alpha value is -0.530. The molecule has 0 aromatic heterocycles. The Bertz CT molecular complexity index is 142. The molecular formula is C8H15NO. The van der Waals surface area contributed by atoms with Gasteiger partial charge in [-0.2, -0.15) is 0 Å². The van der Waals surface area contributed by atoms with Crippen LogP contribution in [0.25, 0.3) is 0 Å². The van der Waals surface area contributed by atoms with Crippen molar-refractivity contribution in [3.63, 3.8) is 0 Å². The molecule has 0 saturated carbocycles. The van der Waals surface area contributed by atoms with Crippen LogP contribution in [-0.2, 0) is 4.74 Å². The molecule has 1 heterocycles. The second-order valence-electron chi connectivity index (χ2n) is 2.91. The van der Waals surface area contributed by atoms with Crippen LogP contribution in [0.2, 0.25) is 0 Å². The fraction of sp³-hybridized carbons (Fsp3) is 0.875. The number of rotatable bonds is 2. The summed E-state index contributed by atoms with van der Waals surface area (Å²) in [5, 5.41) is 0. The molecule has 0 N–H and O–H groups in total. The smallest absolute Gasteiger partial charge is 0.180 e. The summed E-state index contributed by atoms with van der Waals surface area (Å²) in [6, 6.07) is 0.421. The quantitative estimate of drug-likeness (QED) is 0.575. The monoisotopic (exact) mass is 141 g/mol. The Morgan fingerprint density at radius 2 is 2.50 bits per heavy atom. The van der Waals surface area contributed by atoms with E-state index in [0.717, 1.165) is 12.5 Å². The number of hydrogen-bond donors (Lipinski definition) is 0. The predicted octanol–water partition coefficient (Wildman–Crippen LogP) is 1.85. The molecule has 0 saturated heterocycles. The van der Waals surface area contributed by atoms with Crippen LogP contribution >= 0.6 is 0 Å². The largest absolute Gasteiger partial charge is 0.479 e. The Balaban J connectivity index is 2.44. The molecule has 58 valence electrons. The first-order valence-corrected chi connectivity index (χ1v) is 3.91. The van der Waals surface area contributed by atoms with Gasteiger partial charge in [0.2, 0.25) is 0 Å². The highest BCUT2D eigenvalue weighted by Gasteiger charge is 2.20. The van der Waals surface area contributed by atoms with Gasteiger partial charge in [0.25, 0.3) is 0 Å². The maximum atomic E-state index is 5.24. The van der Waals surface area contributed by atoms with E-state index in [1.54, 1.807) is 0 Å². The van der Waals surface area contributed by atoms with Gasteiger partial charge < -0.3 is 4.74 Å². The van der Waals surface area contributed by atoms with E-state index in [1.165, 1.54) is 6.42 Å². The Kier molecular flexibility index (Phi) is 2.30. The van der Waals surface area contributed by atoms with Crippen molar-refractivity contribution in [1.82, 2.24) is 0 Å². The van der Waals surface area contributed by atoms with Gasteiger partial charge in [0.05, 0.1) is 6.04 Å². The molecule has 2 heteroatoms. The number of aliphatic imine (C=N–C) groups is 1. The lowest BCUT2D eigenvalue weighted by molar-refractivity contribution is 0.280. The lowest BCUT2D eigenvalue weighted by Crippen LogP contribution is -2.15. The molecule has 2 atom stereocenters. The summed E-state index contributed by atoms with van der Waals surface area (Å²) < 4.78 is 5.24. The first-order chi connectivity index (χ1) is 4.74. The van der Waals surface area contributed by atoms with Crippen LogP contribution in [0.3, 0.4) is 0 Å². The SMILES string of the molecule is CCC(C)C1COC(C)=N1. The summed E-state index contributed by atoms with van der Waals surface area (Å²) in [5.74, 6) is 1.52. The highest BCUT2D eigenvalue weighted by atomic mass is 16.5. The van der Waals surface area contributed by atoms with Crippen molar-refractivity contribution in [2.45, 2.75) is 33.2 Å². The van der Waals surface area contributed by atoms with E-state index in [4.69, 9.17) is 4.74 Å². The molecule has 1 aliphatic heterocycles. The highest BCUT2D eigenvalue weighted by Crippen LogP contribution is 2.16. The van der Waals surface area contributed by atoms with Crippen molar-refractivity contribution in [1.29, 1.82) is 0 Å². The van der Waals surface area contributed by atoms with Gasteiger partial charge >= 0.3 is 0 Å². The molecule has 0 aliphatic carbocycles. The van der Waals surface area contributed by atoms with E-state index in [1.807, 2.05) is 6.92 Å². The molecule has 0 fully saturated rings. The Morgan fingerprint density at radius 3 is 2.90 bits per heavy atom. The van der Waals surface area contributed by atoms with Crippen molar-refractivity contribution < 1.29 is 4.74 Å². The first kappa shape index (κ1) is 7.58. The molecule has 2 nitrogen and oxygen atoms in total. The third kappa shape index (κ3) is 1.49. The van der Waals surface area contributed by atoms with Crippen molar-refractivity contribution in [2.75, 3.05) is 6.61 Å². The molecule has 0 aromatic carbocycles. The molecule has 0 bridgehead atoms. The van der Waals surface area contributed by atoms with Crippen LogP contribution in [0.5, 0.6) is 0 Å². The van der Waals surface area contributed by atoms with Gasteiger partial charge in [-0.3, -0.25) is 0 Å². The number of hydrogen-bond acceptors (Lipinski definition) is 2. The predicted molar refractivity (Wildman–Crippen MR) is 42.3 cm³/mol. The van der Waals surface area contributed by atoms with Crippen LogP contribution in [0.15, 0.2) is 4.99 Å². The lowest BCUT2D eigenvalue weighted by Gasteiger charge is -2.11. The van der Waals surface area contributed by atoms with Gasteiger partial charge in [-0.15, -0.1) is 0 Å². The van der Waals surface area contributed by atoms with Crippen LogP contribution in [0.1, 0.15) is 27.2 Å². The standard InChI is InChI=1S/C8H15NO/c1-4-6(2)8-5-10-7(3)9-8/h6,8H,4-5H2,1-3H3. The van der Waals surface area contributed by atoms with Gasteiger partial charge in [0, 0.05) is 6.92 Å². The van der Waals surface area contributed by atoms with E-state index >= 15 is 0 Å². The fourth-order valence-corrected chi connectivity index (χ4v) is 1.08. The minimum absolute atomic E-state index is 0.421. The minimum Gasteiger partial charge on any atom is -0.479 e. The van der Waals surface area contributed by atoms with Crippen molar-refractivity contribution >= 4 is 5.90 Å². The molecule has 0 aromatic rings. The number of nitrogens with zero attached hydrogens (tertiary/aromatic N) is 1. The summed E-state index contributed by atoms with van der Waals surface area (Å²) in [6.45, 7) is 7.12. The van der Waals surface area contributed by atoms with Gasteiger partial charge in [-0.05, 0) is 5.92 Å². The lowest BCUT2D eigenvalue weighted by atomic mass is 10.0. The maximum Gasteiger partial charge on any atom is 0.180 e. The topological polar surface area (TPSA) is 21.6 Å². The van der Waals surface area contributed by atoms with Gasteiger partial charge in [0.1, 0.15) is 6.61 Å². The van der Waals surface area contributed by atoms with Crippen molar-refractivity contribution in [2.24, 2.45) is 10.9 Å². The average molecular weight is 141 g/mol. The van der Waals surface area contributed by atoms with Crippen molar-refractivity contribution in [3.8, 4) is 0 Å². The molecule has 1 rings (SSSR count). The number of ether oxygens (including phenoxy) is 1. The maximum absolute atomic E-state index is 5.24. The van der Waals surface area contributed by atoms with Crippen LogP contribution in [-0.4, -0.2) is 18.5 Å². The van der Waals surface area contributed by atoms with Crippen LogP contribution < -0.4 is 0 Å². The second-order valence-corrected chi connectivity index (χ2v) is 2.91. The van der Waals surface area contributed by atoms with E-state index in [9.17, 15) is 0 Å². The van der Waals surface area contributed by atoms with E-state index < -0.39 is 0 Å². The molecule has 2 unspecified atom stereocenters. The van der Waals surface area contributed by atoms with Crippen molar-refractivity contribution in [3.05, 3.63) is 0 Å². The molecule has 0 amide bonds. The zero-order valence-corrected chi connectivity index (χ0v) is 6.92. The highest BCUT2D eigenvalue weighted by molar-refractivity contribution is 5.74. The third-order valence-corrected chi connectivity index (χ3v) is 2.11. The minimum atomic E-state index is 0.421. The summed E-state index contributed by atoms with van der Waals surface area (Å²) in [6.07, 6.45) is 1.19. The summed E-state index contributed by atoms with van der Waals surface area (Å²) >= 11 is 0. The van der Waals surface area contributed by atoms with E-state index in [0.29, 0.717) is 12.0 Å². The molecule has 0 spiro atoms. The fourth-order valence-electron chi connectivity index (χ4n) is 1.08. The molecular weight excluding hydrogens is 126 g/mol. The second kappa shape index (κ2) is 3.04. The summed E-state index contributed by atoms with van der Waals surface area (Å²) in [5.41, 5.74) is 0. The normalized spacial score (nSPS) is 27.5. The van der Waals surface area contributed by atoms with E-state index in [-0.39, 0.29) is 0 Å². The zero-order chi connectivity index (χ0) is 7.56. The van der Waals surface area contributed by atoms with E-state index in [2.05, 4.69) is 18.8 Å². The zero-order valence-electron chi connectivity index (χ0n) is 6.92. The summed E-state index contributed by atoms with van der Waals surface area (Å²) in [7, 11) is 0. The molecule has 10 heavy (non-hydrogen) atoms. The van der Waals surface area contributed by atoms with Gasteiger partial charge in [0.15, 0.2) is 5.90 Å². The van der Waals surface area contributed by atoms with Crippen LogP contribution in [0.4, 0.5) is 0 Å². The van der Waals surface area contributed by atoms with Crippen LogP contribution in [0, 0.1) is 5.92 Å². The third-order valence-electron chi connectivity index (χ3n) is 2.11. The Morgan fingerprint density at radius 1 is 1.80 bits per heavy atom.